The van der Waals surface area contributed by atoms with E-state index in [1.165, 1.54) is 10.9 Å². The fourth-order valence-electron chi connectivity index (χ4n) is 2.69. The van der Waals surface area contributed by atoms with Crippen LogP contribution in [0.3, 0.4) is 0 Å². The number of H-pyrrole nitrogens is 2. The van der Waals surface area contributed by atoms with Gasteiger partial charge >= 0.3 is 0 Å². The van der Waals surface area contributed by atoms with Crippen LogP contribution in [-0.4, -0.2) is 28.0 Å². The van der Waals surface area contributed by atoms with Crippen LogP contribution < -0.4 is 5.32 Å². The molecule has 1 aromatic carbocycles. The second-order valence-electron chi connectivity index (χ2n) is 5.20. The quantitative estimate of drug-likeness (QED) is 0.656. The Kier molecular flexibility index (Phi) is 2.26. The lowest BCUT2D eigenvalue weighted by Crippen LogP contribution is -2.40. The number of para-hydroxylation sites is 1. The minimum absolute atomic E-state index is 0.539. The lowest BCUT2D eigenvalue weighted by molar-refractivity contribution is 0.432. The van der Waals surface area contributed by atoms with Crippen molar-refractivity contribution in [3.8, 4) is 11.3 Å². The van der Waals surface area contributed by atoms with E-state index in [4.69, 9.17) is 4.98 Å². The zero-order valence-corrected chi connectivity index (χ0v) is 10.8. The van der Waals surface area contributed by atoms with Crippen molar-refractivity contribution < 1.29 is 0 Å². The van der Waals surface area contributed by atoms with E-state index in [0.717, 1.165) is 35.8 Å². The van der Waals surface area contributed by atoms with E-state index in [-0.39, 0.29) is 0 Å². The molecular weight excluding hydrogens is 236 g/mol. The molecule has 0 spiro atoms. The minimum Gasteiger partial charge on any atom is -0.360 e. The molecule has 3 aromatic rings. The highest BCUT2D eigenvalue weighted by Crippen LogP contribution is 2.31. The molecule has 0 bridgehead atoms. The first-order valence-electron chi connectivity index (χ1n) is 6.66. The molecule has 4 nitrogen and oxygen atoms in total. The van der Waals surface area contributed by atoms with Gasteiger partial charge in [-0.05, 0) is 13.0 Å². The van der Waals surface area contributed by atoms with Crippen LogP contribution in [0.4, 0.5) is 0 Å². The van der Waals surface area contributed by atoms with E-state index in [2.05, 4.69) is 46.6 Å². The van der Waals surface area contributed by atoms with Crippen molar-refractivity contribution in [2.75, 3.05) is 13.1 Å². The maximum atomic E-state index is 4.81. The Bertz CT molecular complexity index is 734. The first-order valence-corrected chi connectivity index (χ1v) is 6.66. The predicted molar refractivity (Wildman–Crippen MR) is 76.2 cm³/mol. The summed E-state index contributed by atoms with van der Waals surface area (Å²) in [6.07, 6.45) is 2.05. The van der Waals surface area contributed by atoms with E-state index in [0.29, 0.717) is 5.92 Å². The molecule has 0 atom stereocenters. The Balaban J connectivity index is 1.85. The molecule has 0 amide bonds. The molecule has 1 aliphatic heterocycles. The van der Waals surface area contributed by atoms with Crippen LogP contribution in [0.5, 0.6) is 0 Å². The van der Waals surface area contributed by atoms with Gasteiger partial charge in [-0.3, -0.25) is 0 Å². The Morgan fingerprint density at radius 2 is 2.05 bits per heavy atom. The van der Waals surface area contributed by atoms with Gasteiger partial charge in [0, 0.05) is 47.4 Å². The predicted octanol–water partition coefficient (Wildman–Crippen LogP) is 2.55. The Morgan fingerprint density at radius 1 is 1.21 bits per heavy atom. The average molecular weight is 252 g/mol. The first-order chi connectivity index (χ1) is 9.33. The monoisotopic (exact) mass is 252 g/mol. The molecule has 19 heavy (non-hydrogen) atoms. The normalized spacial score (nSPS) is 15.8. The third kappa shape index (κ3) is 1.60. The number of fused-ring (bicyclic) bond motifs is 1. The van der Waals surface area contributed by atoms with Crippen molar-refractivity contribution in [2.24, 2.45) is 0 Å². The van der Waals surface area contributed by atoms with E-state index in [1.807, 2.05) is 6.07 Å². The van der Waals surface area contributed by atoms with Gasteiger partial charge in [0.05, 0.1) is 5.69 Å². The number of benzene rings is 1. The fourth-order valence-corrected chi connectivity index (χ4v) is 2.69. The Hall–Kier alpha value is -2.07. The van der Waals surface area contributed by atoms with Gasteiger partial charge in [-0.2, -0.15) is 0 Å². The van der Waals surface area contributed by atoms with Crippen LogP contribution in [0.1, 0.15) is 17.4 Å². The number of hydrogen-bond donors (Lipinski definition) is 3. The van der Waals surface area contributed by atoms with Crippen molar-refractivity contribution in [3.05, 3.63) is 42.0 Å². The van der Waals surface area contributed by atoms with Crippen molar-refractivity contribution in [1.82, 2.24) is 20.3 Å². The maximum absolute atomic E-state index is 4.81. The van der Waals surface area contributed by atoms with Crippen molar-refractivity contribution in [1.29, 1.82) is 0 Å². The van der Waals surface area contributed by atoms with Gasteiger partial charge in [0.15, 0.2) is 0 Å². The minimum atomic E-state index is 0.539. The van der Waals surface area contributed by atoms with Gasteiger partial charge in [-0.25, -0.2) is 4.98 Å². The summed E-state index contributed by atoms with van der Waals surface area (Å²) in [6.45, 7) is 4.15. The topological polar surface area (TPSA) is 56.5 Å². The molecule has 0 saturated carbocycles. The molecule has 4 rings (SSSR count). The molecule has 3 heterocycles. The second kappa shape index (κ2) is 3.96. The number of nitrogens with zero attached hydrogens (tertiary/aromatic N) is 1. The van der Waals surface area contributed by atoms with Gasteiger partial charge in [-0.1, -0.05) is 18.2 Å². The van der Waals surface area contributed by atoms with Crippen molar-refractivity contribution in [2.45, 2.75) is 12.8 Å². The van der Waals surface area contributed by atoms with E-state index in [9.17, 15) is 0 Å². The Labute approximate surface area is 111 Å². The highest BCUT2D eigenvalue weighted by Gasteiger charge is 2.23. The molecule has 0 aliphatic carbocycles. The van der Waals surface area contributed by atoms with Crippen LogP contribution in [0, 0.1) is 6.92 Å². The summed E-state index contributed by atoms with van der Waals surface area (Å²) >= 11 is 0. The summed E-state index contributed by atoms with van der Waals surface area (Å²) < 4.78 is 0. The lowest BCUT2D eigenvalue weighted by atomic mass is 10.0. The zero-order chi connectivity index (χ0) is 12.8. The molecular formula is C15H16N4. The summed E-state index contributed by atoms with van der Waals surface area (Å²) in [6, 6.07) is 8.35. The van der Waals surface area contributed by atoms with Crippen LogP contribution in [-0.2, 0) is 0 Å². The van der Waals surface area contributed by atoms with E-state index in [1.54, 1.807) is 0 Å². The molecule has 2 aromatic heterocycles. The highest BCUT2D eigenvalue weighted by atomic mass is 15.0. The van der Waals surface area contributed by atoms with Crippen LogP contribution in [0.2, 0.25) is 0 Å². The third-order valence-corrected chi connectivity index (χ3v) is 3.92. The molecule has 3 N–H and O–H groups in total. The van der Waals surface area contributed by atoms with E-state index >= 15 is 0 Å². The van der Waals surface area contributed by atoms with Crippen molar-refractivity contribution in [3.63, 3.8) is 0 Å². The Morgan fingerprint density at radius 3 is 2.84 bits per heavy atom. The molecule has 1 fully saturated rings. The van der Waals surface area contributed by atoms with Gasteiger partial charge in [-0.15, -0.1) is 0 Å². The number of nitrogens with one attached hydrogen (secondary N) is 3. The zero-order valence-electron chi connectivity index (χ0n) is 10.8. The smallest absolute Gasteiger partial charge is 0.112 e. The van der Waals surface area contributed by atoms with Crippen molar-refractivity contribution >= 4 is 10.9 Å². The largest absolute Gasteiger partial charge is 0.360 e. The third-order valence-electron chi connectivity index (χ3n) is 3.92. The average Bonchev–Trinajstić information content (AvgIpc) is 2.91. The summed E-state index contributed by atoms with van der Waals surface area (Å²) in [4.78, 5) is 11.6. The number of rotatable bonds is 2. The summed E-state index contributed by atoms with van der Waals surface area (Å²) in [5.74, 6) is 1.65. The van der Waals surface area contributed by atoms with Gasteiger partial charge < -0.3 is 15.3 Å². The molecule has 1 aliphatic rings. The highest BCUT2D eigenvalue weighted by molar-refractivity contribution is 5.95. The SMILES string of the molecule is Cc1[nH]c(C2CNC2)nc1-c1c[nH]c2ccccc12. The number of hydrogen-bond acceptors (Lipinski definition) is 2. The lowest BCUT2D eigenvalue weighted by Gasteiger charge is -2.24. The van der Waals surface area contributed by atoms with Crippen LogP contribution in [0.25, 0.3) is 22.2 Å². The molecule has 4 heteroatoms. The molecule has 0 radical (unpaired) electrons. The second-order valence-corrected chi connectivity index (χ2v) is 5.20. The number of aryl methyl sites for hydroxylation is 1. The van der Waals surface area contributed by atoms with E-state index < -0.39 is 0 Å². The first kappa shape index (κ1) is 10.8. The van der Waals surface area contributed by atoms with Gasteiger partial charge in [0.2, 0.25) is 0 Å². The van der Waals surface area contributed by atoms with Gasteiger partial charge in [0.25, 0.3) is 0 Å². The number of aromatic nitrogens is 3. The van der Waals surface area contributed by atoms with Crippen LogP contribution in [0.15, 0.2) is 30.5 Å². The number of imidazole rings is 1. The summed E-state index contributed by atoms with van der Waals surface area (Å²) in [5.41, 5.74) is 4.56. The fraction of sp³-hybridized carbons (Fsp3) is 0.267. The standard InChI is InChI=1S/C15H16N4/c1-9-14(19-15(18-9)10-6-16-7-10)12-8-17-13-5-3-2-4-11(12)13/h2-5,8,10,16-17H,6-7H2,1H3,(H,18,19). The van der Waals surface area contributed by atoms with Gasteiger partial charge in [0.1, 0.15) is 5.82 Å². The molecule has 1 saturated heterocycles. The molecule has 96 valence electrons. The maximum Gasteiger partial charge on any atom is 0.112 e. The summed E-state index contributed by atoms with van der Waals surface area (Å²) in [5, 5.41) is 4.52. The number of aromatic amines is 2. The van der Waals surface area contributed by atoms with Crippen LogP contribution >= 0.6 is 0 Å². The molecule has 0 unspecified atom stereocenters. The summed E-state index contributed by atoms with van der Waals surface area (Å²) in [7, 11) is 0.